The molecular formula is C8H5N3O. The van der Waals surface area contributed by atoms with Crippen molar-refractivity contribution in [1.29, 1.82) is 0 Å². The van der Waals surface area contributed by atoms with Gasteiger partial charge in [-0.05, 0) is 6.07 Å². The minimum Gasteiger partial charge on any atom is -0.442 e. The van der Waals surface area contributed by atoms with Crippen LogP contribution in [0.4, 0.5) is 0 Å². The van der Waals surface area contributed by atoms with Gasteiger partial charge in [-0.3, -0.25) is 0 Å². The SMILES string of the molecule is C1=Cn2ccc3cnnc(c32)O1. The molecule has 3 rings (SSSR count). The molecule has 12 heavy (non-hydrogen) atoms. The molecule has 1 aliphatic heterocycles. The van der Waals surface area contributed by atoms with Crippen LogP contribution in [0.15, 0.2) is 24.7 Å². The monoisotopic (exact) mass is 159 g/mol. The van der Waals surface area contributed by atoms with Crippen molar-refractivity contribution in [3.8, 4) is 5.88 Å². The highest BCUT2D eigenvalue weighted by molar-refractivity contribution is 5.86. The van der Waals surface area contributed by atoms with Gasteiger partial charge in [0.2, 0.25) is 0 Å². The Balaban J connectivity index is 2.57. The molecule has 0 aromatic carbocycles. The van der Waals surface area contributed by atoms with E-state index in [1.54, 1.807) is 12.5 Å². The third-order valence-electron chi connectivity index (χ3n) is 1.90. The average molecular weight is 159 g/mol. The second-order valence-corrected chi connectivity index (χ2v) is 2.58. The van der Waals surface area contributed by atoms with Gasteiger partial charge in [-0.1, -0.05) is 0 Å². The van der Waals surface area contributed by atoms with Crippen LogP contribution in [0.25, 0.3) is 17.1 Å². The topological polar surface area (TPSA) is 39.9 Å². The molecule has 1 aliphatic rings. The summed E-state index contributed by atoms with van der Waals surface area (Å²) in [5.74, 6) is 0.569. The van der Waals surface area contributed by atoms with Crippen LogP contribution in [0.1, 0.15) is 0 Å². The Hall–Kier alpha value is -1.84. The predicted molar refractivity (Wildman–Crippen MR) is 43.5 cm³/mol. The van der Waals surface area contributed by atoms with Gasteiger partial charge in [0.25, 0.3) is 5.88 Å². The van der Waals surface area contributed by atoms with Crippen LogP contribution >= 0.6 is 0 Å². The molecule has 2 aromatic rings. The van der Waals surface area contributed by atoms with Crippen LogP contribution in [0.5, 0.6) is 5.88 Å². The fourth-order valence-electron chi connectivity index (χ4n) is 1.36. The molecule has 0 bridgehead atoms. The van der Waals surface area contributed by atoms with E-state index in [9.17, 15) is 0 Å². The van der Waals surface area contributed by atoms with E-state index in [-0.39, 0.29) is 0 Å². The van der Waals surface area contributed by atoms with Crippen molar-refractivity contribution in [2.24, 2.45) is 0 Å². The number of rotatable bonds is 0. The summed E-state index contributed by atoms with van der Waals surface area (Å²) in [5.41, 5.74) is 0.979. The van der Waals surface area contributed by atoms with Gasteiger partial charge in [0, 0.05) is 17.8 Å². The van der Waals surface area contributed by atoms with Gasteiger partial charge >= 0.3 is 0 Å². The minimum atomic E-state index is 0.569. The molecule has 3 heterocycles. The largest absolute Gasteiger partial charge is 0.442 e. The van der Waals surface area contributed by atoms with Crippen LogP contribution in [0.3, 0.4) is 0 Å². The Kier molecular flexibility index (Phi) is 0.889. The fourth-order valence-corrected chi connectivity index (χ4v) is 1.36. The number of nitrogens with zero attached hydrogens (tertiary/aromatic N) is 3. The van der Waals surface area contributed by atoms with E-state index >= 15 is 0 Å². The third kappa shape index (κ3) is 0.567. The lowest BCUT2D eigenvalue weighted by atomic mass is 10.3. The van der Waals surface area contributed by atoms with E-state index in [1.165, 1.54) is 0 Å². The summed E-state index contributed by atoms with van der Waals surface area (Å²) in [5, 5.41) is 8.72. The molecule has 0 radical (unpaired) electrons. The molecule has 0 saturated carbocycles. The number of ether oxygens (including phenoxy) is 1. The van der Waals surface area contributed by atoms with E-state index < -0.39 is 0 Å². The maximum absolute atomic E-state index is 5.18. The Morgan fingerprint density at radius 1 is 1.42 bits per heavy atom. The van der Waals surface area contributed by atoms with Crippen LogP contribution in [-0.4, -0.2) is 14.8 Å². The normalized spacial score (nSPS) is 13.3. The van der Waals surface area contributed by atoms with Crippen LogP contribution < -0.4 is 4.74 Å². The molecule has 0 atom stereocenters. The zero-order valence-corrected chi connectivity index (χ0v) is 6.14. The van der Waals surface area contributed by atoms with Crippen molar-refractivity contribution in [2.45, 2.75) is 0 Å². The highest BCUT2D eigenvalue weighted by Crippen LogP contribution is 2.25. The molecule has 0 spiro atoms. The minimum absolute atomic E-state index is 0.569. The van der Waals surface area contributed by atoms with Crippen molar-refractivity contribution in [2.75, 3.05) is 0 Å². The van der Waals surface area contributed by atoms with E-state index in [4.69, 9.17) is 4.74 Å². The van der Waals surface area contributed by atoms with Crippen molar-refractivity contribution < 1.29 is 4.74 Å². The van der Waals surface area contributed by atoms with Gasteiger partial charge in [0.15, 0.2) is 0 Å². The molecule has 58 valence electrons. The Bertz CT molecular complexity index is 472. The van der Waals surface area contributed by atoms with Gasteiger partial charge in [-0.15, -0.1) is 5.10 Å². The molecule has 0 aliphatic carbocycles. The quantitative estimate of drug-likeness (QED) is 0.580. The van der Waals surface area contributed by atoms with Crippen molar-refractivity contribution >= 4 is 17.1 Å². The Morgan fingerprint density at radius 3 is 3.42 bits per heavy atom. The molecule has 0 amide bonds. The van der Waals surface area contributed by atoms with Crippen LogP contribution in [0.2, 0.25) is 0 Å². The molecule has 0 saturated heterocycles. The van der Waals surface area contributed by atoms with Gasteiger partial charge in [-0.25, -0.2) is 0 Å². The Labute approximate surface area is 68.1 Å². The summed E-state index contributed by atoms with van der Waals surface area (Å²) in [4.78, 5) is 0. The molecule has 0 unspecified atom stereocenters. The second-order valence-electron chi connectivity index (χ2n) is 2.58. The first-order valence-electron chi connectivity index (χ1n) is 3.61. The lowest BCUT2D eigenvalue weighted by Crippen LogP contribution is -1.98. The first-order chi connectivity index (χ1) is 5.95. The van der Waals surface area contributed by atoms with E-state index in [0.717, 1.165) is 10.9 Å². The van der Waals surface area contributed by atoms with Crippen molar-refractivity contribution in [3.63, 3.8) is 0 Å². The van der Waals surface area contributed by atoms with Crippen LogP contribution in [-0.2, 0) is 0 Å². The molecule has 0 N–H and O–H groups in total. The zero-order chi connectivity index (χ0) is 7.97. The summed E-state index contributed by atoms with van der Waals surface area (Å²) >= 11 is 0. The van der Waals surface area contributed by atoms with E-state index in [0.29, 0.717) is 5.88 Å². The standard InChI is InChI=1S/C8H5N3O/c1-2-11-3-4-12-8-7(11)6(1)5-9-10-8/h1-5H. The summed E-state index contributed by atoms with van der Waals surface area (Å²) in [6.07, 6.45) is 7.11. The summed E-state index contributed by atoms with van der Waals surface area (Å²) in [7, 11) is 0. The smallest absolute Gasteiger partial charge is 0.263 e. The van der Waals surface area contributed by atoms with Gasteiger partial charge in [0.05, 0.1) is 6.20 Å². The summed E-state index contributed by atoms with van der Waals surface area (Å²) in [6.45, 7) is 0. The highest BCUT2D eigenvalue weighted by atomic mass is 16.5. The number of hydrogen-bond donors (Lipinski definition) is 0. The van der Waals surface area contributed by atoms with Crippen molar-refractivity contribution in [3.05, 3.63) is 24.7 Å². The fraction of sp³-hybridized carbons (Fsp3) is 0. The third-order valence-corrected chi connectivity index (χ3v) is 1.90. The van der Waals surface area contributed by atoms with Gasteiger partial charge in [0.1, 0.15) is 11.8 Å². The van der Waals surface area contributed by atoms with E-state index in [1.807, 2.05) is 23.0 Å². The molecule has 2 aromatic heterocycles. The number of hydrogen-bond acceptors (Lipinski definition) is 3. The summed E-state index contributed by atoms with van der Waals surface area (Å²) in [6, 6.07) is 1.98. The predicted octanol–water partition coefficient (Wildman–Crippen LogP) is 1.25. The second kappa shape index (κ2) is 1.85. The molecule has 0 fully saturated rings. The highest BCUT2D eigenvalue weighted by Gasteiger charge is 2.10. The zero-order valence-electron chi connectivity index (χ0n) is 6.14. The van der Waals surface area contributed by atoms with Crippen LogP contribution in [0, 0.1) is 0 Å². The lowest BCUT2D eigenvalue weighted by molar-refractivity contribution is 0.455. The van der Waals surface area contributed by atoms with E-state index in [2.05, 4.69) is 10.2 Å². The summed E-state index contributed by atoms with van der Waals surface area (Å²) < 4.78 is 7.14. The molecular weight excluding hydrogens is 154 g/mol. The Morgan fingerprint density at radius 2 is 2.42 bits per heavy atom. The first-order valence-corrected chi connectivity index (χ1v) is 3.61. The average Bonchev–Trinajstić information content (AvgIpc) is 2.52. The van der Waals surface area contributed by atoms with Crippen molar-refractivity contribution in [1.82, 2.24) is 14.8 Å². The first kappa shape index (κ1) is 5.77. The lowest BCUT2D eigenvalue weighted by Gasteiger charge is -2.07. The number of aromatic nitrogens is 3. The molecule has 4 heteroatoms. The van der Waals surface area contributed by atoms with Gasteiger partial charge < -0.3 is 9.30 Å². The van der Waals surface area contributed by atoms with Gasteiger partial charge in [-0.2, -0.15) is 5.10 Å². The maximum atomic E-state index is 5.18. The maximum Gasteiger partial charge on any atom is 0.263 e. The molecule has 4 nitrogen and oxygen atoms in total.